The first kappa shape index (κ1) is 44.5. The van der Waals surface area contributed by atoms with Gasteiger partial charge in [-0.2, -0.15) is 0 Å². The first-order valence-electron chi connectivity index (χ1n) is 16.8. The second-order valence-electron chi connectivity index (χ2n) is 12.1. The number of hydrogen-bond acceptors (Lipinski definition) is 5. The summed E-state index contributed by atoms with van der Waals surface area (Å²) < 4.78 is 5.25. The van der Waals surface area contributed by atoms with E-state index in [2.05, 4.69) is 29.8 Å². The van der Waals surface area contributed by atoms with Gasteiger partial charge in [0.1, 0.15) is 5.60 Å². The van der Waals surface area contributed by atoms with Gasteiger partial charge in [0.05, 0.1) is 5.70 Å². The predicted octanol–water partition coefficient (Wildman–Crippen LogP) is 7.82. The minimum atomic E-state index is -0.565. The Balaban J connectivity index is 0. The van der Waals surface area contributed by atoms with Crippen molar-refractivity contribution in [3.05, 3.63) is 58.8 Å². The number of unbranched alkanes of at least 4 members (excludes halogenated alkanes) is 5. The summed E-state index contributed by atoms with van der Waals surface area (Å²) in [6.07, 6.45) is 10.8. The van der Waals surface area contributed by atoms with Crippen molar-refractivity contribution in [3.63, 3.8) is 0 Å². The number of carbonyl (C=O) groups excluding carboxylic acids is 4. The zero-order valence-corrected chi connectivity index (χ0v) is 30.7. The molecule has 0 aromatic heterocycles. The molecule has 9 heteroatoms. The summed E-state index contributed by atoms with van der Waals surface area (Å²) in [7, 11) is 1.61. The first-order chi connectivity index (χ1) is 21.7. The van der Waals surface area contributed by atoms with Gasteiger partial charge in [0, 0.05) is 45.1 Å². The number of likely N-dealkylation sites (N-methyl/N-ethyl adjacent to an activating group) is 1. The van der Waals surface area contributed by atoms with Crippen LogP contribution in [0.5, 0.6) is 0 Å². The van der Waals surface area contributed by atoms with Crippen molar-refractivity contribution >= 4 is 23.8 Å². The van der Waals surface area contributed by atoms with Crippen molar-refractivity contribution in [1.82, 2.24) is 20.9 Å². The summed E-state index contributed by atoms with van der Waals surface area (Å²) in [6.45, 7) is 20.0. The van der Waals surface area contributed by atoms with Crippen molar-refractivity contribution in [2.45, 2.75) is 133 Å². The highest BCUT2D eigenvalue weighted by molar-refractivity contribution is 5.95. The van der Waals surface area contributed by atoms with Crippen molar-refractivity contribution < 1.29 is 23.9 Å². The maximum absolute atomic E-state index is 12.4. The molecule has 0 atom stereocenters. The van der Waals surface area contributed by atoms with Crippen LogP contribution in [0.4, 0.5) is 4.79 Å². The molecule has 3 N–H and O–H groups in total. The lowest BCUT2D eigenvalue weighted by atomic mass is 10.1. The largest absolute Gasteiger partial charge is 0.444 e. The highest BCUT2D eigenvalue weighted by Crippen LogP contribution is 2.13. The monoisotopic (exact) mass is 644 g/mol. The Morgan fingerprint density at radius 2 is 1.37 bits per heavy atom. The fourth-order valence-corrected chi connectivity index (χ4v) is 3.65. The van der Waals surface area contributed by atoms with Crippen LogP contribution >= 0.6 is 0 Å². The van der Waals surface area contributed by atoms with Crippen LogP contribution in [0.2, 0.25) is 0 Å². The molecule has 1 aromatic rings. The Morgan fingerprint density at radius 3 is 1.83 bits per heavy atom. The zero-order valence-electron chi connectivity index (χ0n) is 30.7. The topological polar surface area (TPSA) is 117 Å². The Kier molecular flexibility index (Phi) is 25.7. The molecule has 9 nitrogen and oxygen atoms in total. The molecule has 0 saturated carbocycles. The van der Waals surface area contributed by atoms with Crippen LogP contribution in [-0.2, 0) is 25.7 Å². The van der Waals surface area contributed by atoms with Gasteiger partial charge in [-0.3, -0.25) is 14.4 Å². The molecule has 46 heavy (non-hydrogen) atoms. The normalized spacial score (nSPS) is 11.4. The van der Waals surface area contributed by atoms with Gasteiger partial charge in [0.25, 0.3) is 0 Å². The molecule has 4 amide bonds. The third kappa shape index (κ3) is 23.7. The SMILES string of the molecule is C/C=C(C)\C(NC(=O)CC)=C(/C)C(=O)NCCN(C)C(=O)OC(C)(C)C.CCC(=O)NCc1ccccc1.CCCCCCCC. The Hall–Kier alpha value is -3.62. The number of hydrogen-bond donors (Lipinski definition) is 3. The quantitative estimate of drug-likeness (QED) is 0.102. The molecule has 0 aliphatic heterocycles. The van der Waals surface area contributed by atoms with Crippen LogP contribution in [-0.4, -0.2) is 54.5 Å². The van der Waals surface area contributed by atoms with E-state index in [1.807, 2.05) is 57.2 Å². The molecule has 0 heterocycles. The Bertz CT molecular complexity index is 1070. The van der Waals surface area contributed by atoms with Gasteiger partial charge in [0.2, 0.25) is 17.7 Å². The molecule has 0 spiro atoms. The van der Waals surface area contributed by atoms with Crippen LogP contribution in [0.25, 0.3) is 0 Å². The minimum absolute atomic E-state index is 0.0962. The van der Waals surface area contributed by atoms with Crippen LogP contribution in [0.15, 0.2) is 53.3 Å². The number of ether oxygens (including phenoxy) is 1. The van der Waals surface area contributed by atoms with E-state index in [1.54, 1.807) is 41.7 Å². The van der Waals surface area contributed by atoms with E-state index >= 15 is 0 Å². The third-order valence-electron chi connectivity index (χ3n) is 6.68. The third-order valence-corrected chi connectivity index (χ3v) is 6.68. The minimum Gasteiger partial charge on any atom is -0.444 e. The zero-order chi connectivity index (χ0) is 35.5. The van der Waals surface area contributed by atoms with Crippen molar-refractivity contribution in [1.29, 1.82) is 0 Å². The maximum Gasteiger partial charge on any atom is 0.410 e. The summed E-state index contributed by atoms with van der Waals surface area (Å²) in [5, 5.41) is 8.33. The van der Waals surface area contributed by atoms with Gasteiger partial charge < -0.3 is 25.6 Å². The molecule has 0 radical (unpaired) electrons. The second kappa shape index (κ2) is 26.6. The number of rotatable bonds is 15. The number of amides is 4. The molecule has 0 bridgehead atoms. The molecular weight excluding hydrogens is 580 g/mol. The molecule has 0 fully saturated rings. The standard InChI is InChI=1S/C19H33N3O4.C10H13NO.C8H18/c1-9-13(3)16(21-15(23)10-2)14(4)17(24)20-11-12-22(8)18(25)26-19(5,6)7;1-2-10(12)11-8-9-6-4-3-5-7-9;1-3-5-7-8-6-4-2/h9H,10-12H2,1-8H3,(H,20,24)(H,21,23);3-7H,2,8H2,1H3,(H,11,12);3-8H2,1-2H3/b13-9-,16-14-;;. The van der Waals surface area contributed by atoms with Crippen LogP contribution in [0.1, 0.15) is 126 Å². The van der Waals surface area contributed by atoms with E-state index in [9.17, 15) is 19.2 Å². The Labute approximate surface area is 280 Å². The van der Waals surface area contributed by atoms with Gasteiger partial charge in [0.15, 0.2) is 0 Å². The average molecular weight is 645 g/mol. The summed E-state index contributed by atoms with van der Waals surface area (Å²) in [5.74, 6) is -0.355. The molecular formula is C37H64N4O5. The molecule has 0 saturated heterocycles. The lowest BCUT2D eigenvalue weighted by Gasteiger charge is -2.24. The second-order valence-corrected chi connectivity index (χ2v) is 12.1. The van der Waals surface area contributed by atoms with Crippen molar-refractivity contribution in [3.8, 4) is 0 Å². The maximum atomic E-state index is 12.4. The lowest BCUT2D eigenvalue weighted by Crippen LogP contribution is -2.39. The first-order valence-corrected chi connectivity index (χ1v) is 16.8. The van der Waals surface area contributed by atoms with Gasteiger partial charge >= 0.3 is 6.09 Å². The van der Waals surface area contributed by atoms with E-state index < -0.39 is 11.7 Å². The van der Waals surface area contributed by atoms with Crippen LogP contribution in [0.3, 0.4) is 0 Å². The summed E-state index contributed by atoms with van der Waals surface area (Å²) in [6, 6.07) is 9.89. The van der Waals surface area contributed by atoms with Crippen LogP contribution < -0.4 is 16.0 Å². The molecule has 0 aliphatic carbocycles. The molecule has 0 unspecified atom stereocenters. The van der Waals surface area contributed by atoms with Gasteiger partial charge in [-0.05, 0) is 52.7 Å². The average Bonchev–Trinajstić information content (AvgIpc) is 3.03. The van der Waals surface area contributed by atoms with Crippen molar-refractivity contribution in [2.75, 3.05) is 20.1 Å². The van der Waals surface area contributed by atoms with E-state index in [1.165, 1.54) is 43.4 Å². The summed E-state index contributed by atoms with van der Waals surface area (Å²) in [5.41, 5.74) is 2.31. The van der Waals surface area contributed by atoms with E-state index in [-0.39, 0.29) is 24.3 Å². The van der Waals surface area contributed by atoms with Crippen molar-refractivity contribution in [2.24, 2.45) is 0 Å². The lowest BCUT2D eigenvalue weighted by molar-refractivity contribution is -0.121. The molecule has 262 valence electrons. The number of allylic oxidation sites excluding steroid dienone is 2. The van der Waals surface area contributed by atoms with E-state index in [0.717, 1.165) is 11.1 Å². The molecule has 1 rings (SSSR count). The van der Waals surface area contributed by atoms with Crippen LogP contribution in [0, 0.1) is 0 Å². The van der Waals surface area contributed by atoms with E-state index in [0.29, 0.717) is 37.2 Å². The Morgan fingerprint density at radius 1 is 0.826 bits per heavy atom. The number of carbonyl (C=O) groups is 4. The number of nitrogens with zero attached hydrogens (tertiary/aromatic N) is 1. The van der Waals surface area contributed by atoms with Gasteiger partial charge in [-0.15, -0.1) is 0 Å². The fourth-order valence-electron chi connectivity index (χ4n) is 3.65. The predicted molar refractivity (Wildman–Crippen MR) is 190 cm³/mol. The number of benzene rings is 1. The number of nitrogens with one attached hydrogen (secondary N) is 3. The molecule has 1 aromatic carbocycles. The van der Waals surface area contributed by atoms with E-state index in [4.69, 9.17) is 4.74 Å². The summed E-state index contributed by atoms with van der Waals surface area (Å²) >= 11 is 0. The van der Waals surface area contributed by atoms with Gasteiger partial charge in [-0.25, -0.2) is 4.79 Å². The molecule has 0 aliphatic rings. The van der Waals surface area contributed by atoms with Gasteiger partial charge in [-0.1, -0.05) is 103 Å². The smallest absolute Gasteiger partial charge is 0.410 e. The summed E-state index contributed by atoms with van der Waals surface area (Å²) in [4.78, 5) is 48.2. The highest BCUT2D eigenvalue weighted by Gasteiger charge is 2.20. The highest BCUT2D eigenvalue weighted by atomic mass is 16.6. The fraction of sp³-hybridized carbons (Fsp3) is 0.622.